The lowest BCUT2D eigenvalue weighted by molar-refractivity contribution is 0.0980. The van der Waals surface area contributed by atoms with Crippen LogP contribution >= 0.6 is 0 Å². The number of hydrogen-bond acceptors (Lipinski definition) is 3. The van der Waals surface area contributed by atoms with Crippen LogP contribution in [0, 0.1) is 0 Å². The van der Waals surface area contributed by atoms with Crippen LogP contribution < -0.4 is 5.73 Å². The molecule has 0 fully saturated rings. The fraction of sp³-hybridized carbons (Fsp3) is 0. The van der Waals surface area contributed by atoms with Crippen LogP contribution in [0.3, 0.4) is 0 Å². The van der Waals surface area contributed by atoms with E-state index in [1.54, 1.807) is 30.3 Å². The summed E-state index contributed by atoms with van der Waals surface area (Å²) in [6.45, 7) is 0. The Kier molecular flexibility index (Phi) is 2.27. The number of benzene rings is 3. The Morgan fingerprint density at radius 1 is 0.667 bits per heavy atom. The molecule has 3 nitrogen and oxygen atoms in total. The Morgan fingerprint density at radius 2 is 1.29 bits per heavy atom. The van der Waals surface area contributed by atoms with E-state index in [0.29, 0.717) is 27.9 Å². The minimum atomic E-state index is -0.177. The molecule has 4 rings (SSSR count). The SMILES string of the molecule is Nc1cccc2c1C(=O)c1cc3ccccc3cc1C2=O. The van der Waals surface area contributed by atoms with Crippen molar-refractivity contribution in [2.24, 2.45) is 0 Å². The third-order valence-electron chi connectivity index (χ3n) is 3.94. The highest BCUT2D eigenvalue weighted by molar-refractivity contribution is 6.31. The zero-order valence-electron chi connectivity index (χ0n) is 11.1. The van der Waals surface area contributed by atoms with Crippen molar-refractivity contribution in [1.82, 2.24) is 0 Å². The van der Waals surface area contributed by atoms with Crippen molar-refractivity contribution >= 4 is 28.0 Å². The third-order valence-corrected chi connectivity index (χ3v) is 3.94. The molecule has 0 heterocycles. The van der Waals surface area contributed by atoms with E-state index in [9.17, 15) is 9.59 Å². The molecule has 0 atom stereocenters. The minimum absolute atomic E-state index is 0.141. The van der Waals surface area contributed by atoms with Gasteiger partial charge in [-0.15, -0.1) is 0 Å². The lowest BCUT2D eigenvalue weighted by Crippen LogP contribution is -2.22. The summed E-state index contributed by atoms with van der Waals surface area (Å²) < 4.78 is 0. The second-order valence-electron chi connectivity index (χ2n) is 5.17. The van der Waals surface area contributed by atoms with Gasteiger partial charge in [0.1, 0.15) is 0 Å². The van der Waals surface area contributed by atoms with Gasteiger partial charge in [-0.05, 0) is 29.0 Å². The van der Waals surface area contributed by atoms with E-state index in [0.717, 1.165) is 10.8 Å². The molecular weight excluding hydrogens is 262 g/mol. The van der Waals surface area contributed by atoms with Gasteiger partial charge in [0, 0.05) is 22.4 Å². The van der Waals surface area contributed by atoms with Crippen molar-refractivity contribution in [3.05, 3.63) is 76.9 Å². The fourth-order valence-corrected chi connectivity index (χ4v) is 2.91. The van der Waals surface area contributed by atoms with Crippen LogP contribution in [-0.4, -0.2) is 11.6 Å². The van der Waals surface area contributed by atoms with E-state index in [-0.39, 0.29) is 11.6 Å². The summed E-state index contributed by atoms with van der Waals surface area (Å²) in [6.07, 6.45) is 0. The van der Waals surface area contributed by atoms with Crippen LogP contribution in [0.25, 0.3) is 10.8 Å². The molecule has 0 amide bonds. The standard InChI is InChI=1S/C18H11NO2/c19-15-7-3-6-12-16(15)18(21)14-9-11-5-2-1-4-10(11)8-13(14)17(12)20/h1-9H,19H2. The first-order chi connectivity index (χ1) is 10.2. The molecule has 3 aromatic rings. The van der Waals surface area contributed by atoms with Crippen molar-refractivity contribution in [3.63, 3.8) is 0 Å². The second kappa shape index (κ2) is 4.03. The highest BCUT2D eigenvalue weighted by atomic mass is 16.1. The Balaban J connectivity index is 2.09. The fourth-order valence-electron chi connectivity index (χ4n) is 2.91. The number of ketones is 2. The summed E-state index contributed by atoms with van der Waals surface area (Å²) in [5.74, 6) is -0.318. The van der Waals surface area contributed by atoms with Crippen molar-refractivity contribution in [2.45, 2.75) is 0 Å². The van der Waals surface area contributed by atoms with Gasteiger partial charge in [-0.1, -0.05) is 36.4 Å². The molecule has 0 bridgehead atoms. The molecule has 3 heteroatoms. The molecule has 1 aliphatic carbocycles. The number of nitrogens with two attached hydrogens (primary N) is 1. The van der Waals surface area contributed by atoms with Crippen molar-refractivity contribution in [3.8, 4) is 0 Å². The largest absolute Gasteiger partial charge is 0.398 e. The zero-order chi connectivity index (χ0) is 14.6. The number of carbonyl (C=O) groups is 2. The average Bonchev–Trinajstić information content (AvgIpc) is 2.51. The molecule has 2 N–H and O–H groups in total. The van der Waals surface area contributed by atoms with Crippen LogP contribution in [0.2, 0.25) is 0 Å². The summed E-state index contributed by atoms with van der Waals surface area (Å²) >= 11 is 0. The molecule has 1 aliphatic rings. The number of anilines is 1. The quantitative estimate of drug-likeness (QED) is 0.500. The van der Waals surface area contributed by atoms with Gasteiger partial charge in [0.05, 0.1) is 5.56 Å². The topological polar surface area (TPSA) is 60.2 Å². The maximum Gasteiger partial charge on any atom is 0.196 e. The highest BCUT2D eigenvalue weighted by Gasteiger charge is 2.31. The Morgan fingerprint density at radius 3 is 1.95 bits per heavy atom. The molecule has 3 aromatic carbocycles. The smallest absolute Gasteiger partial charge is 0.196 e. The van der Waals surface area contributed by atoms with Gasteiger partial charge in [-0.25, -0.2) is 0 Å². The van der Waals surface area contributed by atoms with Crippen LogP contribution in [0.4, 0.5) is 5.69 Å². The number of rotatable bonds is 0. The van der Waals surface area contributed by atoms with Gasteiger partial charge in [-0.2, -0.15) is 0 Å². The van der Waals surface area contributed by atoms with E-state index in [4.69, 9.17) is 5.73 Å². The third kappa shape index (κ3) is 1.54. The van der Waals surface area contributed by atoms with Crippen LogP contribution in [-0.2, 0) is 0 Å². The molecule has 0 aliphatic heterocycles. The first-order valence-electron chi connectivity index (χ1n) is 6.67. The summed E-state index contributed by atoms with van der Waals surface area (Å²) in [6, 6.07) is 16.3. The molecule has 0 saturated heterocycles. The molecule has 0 unspecified atom stereocenters. The van der Waals surface area contributed by atoms with Crippen molar-refractivity contribution in [2.75, 3.05) is 5.73 Å². The summed E-state index contributed by atoms with van der Waals surface area (Å²) in [5, 5.41) is 1.89. The molecule has 0 aromatic heterocycles. The van der Waals surface area contributed by atoms with Crippen LogP contribution in [0.5, 0.6) is 0 Å². The second-order valence-corrected chi connectivity index (χ2v) is 5.17. The molecule has 100 valence electrons. The highest BCUT2D eigenvalue weighted by Crippen LogP contribution is 2.32. The van der Waals surface area contributed by atoms with Crippen molar-refractivity contribution < 1.29 is 9.59 Å². The number of carbonyl (C=O) groups excluding carboxylic acids is 2. The first kappa shape index (κ1) is 11.9. The molecular formula is C18H11NO2. The lowest BCUT2D eigenvalue weighted by atomic mass is 9.82. The van der Waals surface area contributed by atoms with E-state index in [1.165, 1.54) is 0 Å². The van der Waals surface area contributed by atoms with Crippen LogP contribution in [0.15, 0.2) is 54.6 Å². The normalized spacial score (nSPS) is 13.1. The van der Waals surface area contributed by atoms with E-state index >= 15 is 0 Å². The lowest BCUT2D eigenvalue weighted by Gasteiger charge is -2.19. The van der Waals surface area contributed by atoms with E-state index in [2.05, 4.69) is 0 Å². The summed E-state index contributed by atoms with van der Waals surface area (Å²) in [4.78, 5) is 25.3. The van der Waals surface area contributed by atoms with E-state index in [1.807, 2.05) is 24.3 Å². The first-order valence-corrected chi connectivity index (χ1v) is 6.67. The maximum atomic E-state index is 12.7. The maximum absolute atomic E-state index is 12.7. The molecule has 21 heavy (non-hydrogen) atoms. The average molecular weight is 273 g/mol. The number of nitrogen functional groups attached to an aromatic ring is 1. The summed E-state index contributed by atoms with van der Waals surface area (Å²) in [5.41, 5.74) is 7.85. The van der Waals surface area contributed by atoms with Gasteiger partial charge >= 0.3 is 0 Å². The van der Waals surface area contributed by atoms with Gasteiger partial charge in [-0.3, -0.25) is 9.59 Å². The predicted octanol–water partition coefficient (Wildman–Crippen LogP) is 3.20. The zero-order valence-corrected chi connectivity index (χ0v) is 11.1. The Labute approximate surface area is 121 Å². The van der Waals surface area contributed by atoms with Gasteiger partial charge in [0.15, 0.2) is 11.6 Å². The minimum Gasteiger partial charge on any atom is -0.398 e. The van der Waals surface area contributed by atoms with Crippen LogP contribution in [0.1, 0.15) is 31.8 Å². The van der Waals surface area contributed by atoms with Gasteiger partial charge in [0.25, 0.3) is 0 Å². The predicted molar refractivity (Wildman–Crippen MR) is 81.7 cm³/mol. The molecule has 0 radical (unpaired) electrons. The Hall–Kier alpha value is -2.94. The molecule has 0 saturated carbocycles. The van der Waals surface area contributed by atoms with Crippen molar-refractivity contribution in [1.29, 1.82) is 0 Å². The van der Waals surface area contributed by atoms with E-state index < -0.39 is 0 Å². The van der Waals surface area contributed by atoms with Gasteiger partial charge in [0.2, 0.25) is 0 Å². The number of fused-ring (bicyclic) bond motifs is 3. The number of hydrogen-bond donors (Lipinski definition) is 1. The monoisotopic (exact) mass is 273 g/mol. The Bertz CT molecular complexity index is 941. The molecule has 0 spiro atoms. The van der Waals surface area contributed by atoms with Gasteiger partial charge < -0.3 is 5.73 Å². The summed E-state index contributed by atoms with van der Waals surface area (Å²) in [7, 11) is 0.